The Morgan fingerprint density at radius 1 is 1.14 bits per heavy atom. The molecule has 8 heteroatoms. The number of anilines is 1. The first-order valence-electron chi connectivity index (χ1n) is 8.79. The van der Waals surface area contributed by atoms with Gasteiger partial charge in [-0.15, -0.1) is 5.10 Å². The Hall–Kier alpha value is -3.55. The average molecular weight is 381 g/mol. The minimum Gasteiger partial charge on any atom is -0.388 e. The van der Waals surface area contributed by atoms with Crippen molar-refractivity contribution in [3.63, 3.8) is 0 Å². The Balaban J connectivity index is 1.56. The Morgan fingerprint density at radius 3 is 2.71 bits per heavy atom. The molecule has 0 saturated carbocycles. The molecule has 2 heterocycles. The number of amides is 1. The molecule has 0 saturated heterocycles. The number of rotatable bonds is 4. The van der Waals surface area contributed by atoms with E-state index in [9.17, 15) is 18.8 Å². The number of ketones is 1. The van der Waals surface area contributed by atoms with Crippen LogP contribution in [0.1, 0.15) is 28.8 Å². The van der Waals surface area contributed by atoms with Crippen LogP contribution >= 0.6 is 0 Å². The number of hydrogen-bond donors (Lipinski definition) is 1. The molecule has 1 aromatic heterocycles. The molecule has 1 aliphatic heterocycles. The number of aryl methyl sites for hydroxylation is 1. The van der Waals surface area contributed by atoms with Gasteiger partial charge in [-0.25, -0.2) is 9.18 Å². The van der Waals surface area contributed by atoms with Crippen LogP contribution in [0.3, 0.4) is 0 Å². The highest BCUT2D eigenvalue weighted by Crippen LogP contribution is 2.23. The quantitative estimate of drug-likeness (QED) is 0.702. The highest BCUT2D eigenvalue weighted by atomic mass is 19.1. The Morgan fingerprint density at radius 2 is 1.93 bits per heavy atom. The zero-order chi connectivity index (χ0) is 19.7. The summed E-state index contributed by atoms with van der Waals surface area (Å²) in [5.41, 5.74) is 2.45. The number of nitrogens with zero attached hydrogens (tertiary/aromatic N) is 2. The minimum absolute atomic E-state index is 0.0161. The van der Waals surface area contributed by atoms with Crippen LogP contribution in [0.5, 0.6) is 0 Å². The third-order valence-corrected chi connectivity index (χ3v) is 4.54. The van der Waals surface area contributed by atoms with Crippen LogP contribution in [0.15, 0.2) is 51.7 Å². The molecule has 3 aromatic rings. The van der Waals surface area contributed by atoms with Gasteiger partial charge in [-0.1, -0.05) is 0 Å². The van der Waals surface area contributed by atoms with Gasteiger partial charge < -0.3 is 9.73 Å². The number of carbonyl (C=O) groups is 2. The fourth-order valence-corrected chi connectivity index (χ4v) is 3.09. The molecule has 0 radical (unpaired) electrons. The van der Waals surface area contributed by atoms with Gasteiger partial charge in [0.05, 0.1) is 0 Å². The summed E-state index contributed by atoms with van der Waals surface area (Å²) >= 11 is 0. The van der Waals surface area contributed by atoms with Crippen molar-refractivity contribution >= 4 is 17.4 Å². The summed E-state index contributed by atoms with van der Waals surface area (Å²) in [4.78, 5) is 36.3. The van der Waals surface area contributed by atoms with Crippen molar-refractivity contribution in [1.29, 1.82) is 0 Å². The second-order valence-corrected chi connectivity index (χ2v) is 6.53. The van der Waals surface area contributed by atoms with Crippen LogP contribution < -0.4 is 11.1 Å². The van der Waals surface area contributed by atoms with Gasteiger partial charge >= 0.3 is 5.76 Å². The molecule has 142 valence electrons. The number of hydrogen-bond acceptors (Lipinski definition) is 5. The zero-order valence-corrected chi connectivity index (χ0v) is 14.8. The molecule has 0 bridgehead atoms. The highest BCUT2D eigenvalue weighted by Gasteiger charge is 2.18. The number of nitrogens with one attached hydrogen (secondary N) is 1. The van der Waals surface area contributed by atoms with Crippen LogP contribution in [-0.4, -0.2) is 21.5 Å². The molecule has 1 N–H and O–H groups in total. The molecule has 4 rings (SSSR count). The predicted molar refractivity (Wildman–Crippen MR) is 98.5 cm³/mol. The van der Waals surface area contributed by atoms with Gasteiger partial charge in [0.15, 0.2) is 5.78 Å². The van der Waals surface area contributed by atoms with Crippen LogP contribution in [-0.2, 0) is 17.8 Å². The van der Waals surface area contributed by atoms with Crippen LogP contribution in [0.2, 0.25) is 0 Å². The monoisotopic (exact) mass is 381 g/mol. The lowest BCUT2D eigenvalue weighted by atomic mass is 10.0. The van der Waals surface area contributed by atoms with Crippen molar-refractivity contribution in [1.82, 2.24) is 9.78 Å². The smallest absolute Gasteiger partial charge is 0.388 e. The first-order chi connectivity index (χ1) is 13.5. The van der Waals surface area contributed by atoms with Crippen molar-refractivity contribution in [3.05, 3.63) is 70.0 Å². The summed E-state index contributed by atoms with van der Waals surface area (Å²) in [6.45, 7) is -0.283. The molecule has 0 fully saturated rings. The van der Waals surface area contributed by atoms with Gasteiger partial charge in [0.1, 0.15) is 12.4 Å². The van der Waals surface area contributed by atoms with Gasteiger partial charge in [-0.3, -0.25) is 9.59 Å². The summed E-state index contributed by atoms with van der Waals surface area (Å²) in [6.07, 6.45) is 1.84. The SMILES string of the molecule is O=C1CCCc2cc(C(=O)Cn3nc(-c4ccc(F)cc4)oc3=O)ccc2N1. The molecule has 1 amide bonds. The van der Waals surface area contributed by atoms with Crippen LogP contribution in [0, 0.1) is 5.82 Å². The standard InChI is InChI=1S/C20H16FN3O4/c21-15-7-4-12(5-8-15)19-23-24(20(27)28-19)11-17(25)14-6-9-16-13(10-14)2-1-3-18(26)22-16/h4-10H,1-3,11H2,(H,22,26). The van der Waals surface area contributed by atoms with E-state index in [0.717, 1.165) is 10.2 Å². The molecule has 1 aliphatic rings. The maximum atomic E-state index is 13.0. The number of fused-ring (bicyclic) bond motifs is 1. The van der Waals surface area contributed by atoms with Crippen molar-refractivity contribution in [2.75, 3.05) is 5.32 Å². The molecular weight excluding hydrogens is 365 g/mol. The number of halogens is 1. The Kier molecular flexibility index (Phi) is 4.60. The fourth-order valence-electron chi connectivity index (χ4n) is 3.09. The lowest BCUT2D eigenvalue weighted by Gasteiger charge is -2.08. The average Bonchev–Trinajstić information content (AvgIpc) is 2.92. The minimum atomic E-state index is -0.769. The molecule has 0 atom stereocenters. The summed E-state index contributed by atoms with van der Waals surface area (Å²) in [7, 11) is 0. The Labute approximate surface area is 158 Å². The topological polar surface area (TPSA) is 94.2 Å². The summed E-state index contributed by atoms with van der Waals surface area (Å²) in [5.74, 6) is -1.52. The van der Waals surface area contributed by atoms with Crippen LogP contribution in [0.25, 0.3) is 11.5 Å². The van der Waals surface area contributed by atoms with Crippen molar-refractivity contribution in [2.24, 2.45) is 0 Å². The molecular formula is C20H16FN3O4. The first kappa shape index (κ1) is 17.8. The van der Waals surface area contributed by atoms with E-state index in [0.29, 0.717) is 36.1 Å². The van der Waals surface area contributed by atoms with Crippen LogP contribution in [0.4, 0.5) is 10.1 Å². The van der Waals surface area contributed by atoms with Gasteiger partial charge in [0.2, 0.25) is 11.8 Å². The third-order valence-electron chi connectivity index (χ3n) is 4.54. The zero-order valence-electron chi connectivity index (χ0n) is 14.8. The van der Waals surface area contributed by atoms with Gasteiger partial charge in [-0.05, 0) is 60.9 Å². The van der Waals surface area contributed by atoms with E-state index in [2.05, 4.69) is 10.4 Å². The summed E-state index contributed by atoms with van der Waals surface area (Å²) < 4.78 is 19.0. The molecule has 2 aromatic carbocycles. The number of aromatic nitrogens is 2. The predicted octanol–water partition coefficient (Wildman–Crippen LogP) is 2.80. The van der Waals surface area contributed by atoms with Crippen molar-refractivity contribution < 1.29 is 18.4 Å². The highest BCUT2D eigenvalue weighted by molar-refractivity contribution is 5.98. The number of Topliss-reactive ketones (excluding diaryl/α,β-unsaturated/α-hetero) is 1. The lowest BCUT2D eigenvalue weighted by Crippen LogP contribution is -2.21. The van der Waals surface area contributed by atoms with Gasteiger partial charge in [-0.2, -0.15) is 4.68 Å². The summed E-state index contributed by atoms with van der Waals surface area (Å²) in [6, 6.07) is 10.4. The second kappa shape index (κ2) is 7.22. The molecule has 0 aliphatic carbocycles. The van der Waals surface area contributed by atoms with E-state index in [1.807, 2.05) is 0 Å². The number of benzene rings is 2. The largest absolute Gasteiger partial charge is 0.437 e. The molecule has 28 heavy (non-hydrogen) atoms. The van der Waals surface area contributed by atoms with E-state index in [1.54, 1.807) is 18.2 Å². The van der Waals surface area contributed by atoms with Gasteiger partial charge in [0, 0.05) is 23.2 Å². The first-order valence-corrected chi connectivity index (χ1v) is 8.79. The molecule has 0 spiro atoms. The third kappa shape index (κ3) is 3.62. The van der Waals surface area contributed by atoms with Crippen molar-refractivity contribution in [3.8, 4) is 11.5 Å². The lowest BCUT2D eigenvalue weighted by molar-refractivity contribution is -0.116. The second-order valence-electron chi connectivity index (χ2n) is 6.53. The van der Waals surface area contributed by atoms with E-state index >= 15 is 0 Å². The number of carbonyl (C=O) groups excluding carboxylic acids is 2. The molecule has 7 nitrogen and oxygen atoms in total. The van der Waals surface area contributed by atoms with E-state index < -0.39 is 11.6 Å². The van der Waals surface area contributed by atoms with E-state index in [1.165, 1.54) is 24.3 Å². The summed E-state index contributed by atoms with van der Waals surface area (Å²) in [5, 5.41) is 6.84. The fraction of sp³-hybridized carbons (Fsp3) is 0.200. The van der Waals surface area contributed by atoms with Gasteiger partial charge in [0.25, 0.3) is 0 Å². The maximum absolute atomic E-state index is 13.0. The van der Waals surface area contributed by atoms with Crippen molar-refractivity contribution in [2.45, 2.75) is 25.8 Å². The maximum Gasteiger partial charge on any atom is 0.437 e. The van der Waals surface area contributed by atoms with E-state index in [-0.39, 0.29) is 24.1 Å². The normalized spacial score (nSPS) is 13.5. The Bertz CT molecular complexity index is 1120. The van der Waals surface area contributed by atoms with E-state index in [4.69, 9.17) is 4.42 Å². The molecule has 0 unspecified atom stereocenters.